The lowest BCUT2D eigenvalue weighted by atomic mass is 10.2. The first-order chi connectivity index (χ1) is 13.5. The molecule has 0 bridgehead atoms. The van der Waals surface area contributed by atoms with Crippen molar-refractivity contribution in [3.8, 4) is 11.5 Å². The zero-order valence-electron chi connectivity index (χ0n) is 15.7. The smallest absolute Gasteiger partial charge is 0.345 e. The summed E-state index contributed by atoms with van der Waals surface area (Å²) in [6.07, 6.45) is 4.62. The van der Waals surface area contributed by atoms with Gasteiger partial charge in [-0.25, -0.2) is 20.2 Å². The number of carbonyl (C=O) groups excluding carboxylic acids is 1. The highest BCUT2D eigenvalue weighted by molar-refractivity contribution is 5.91. The molecule has 142 valence electrons. The van der Waals surface area contributed by atoms with Gasteiger partial charge in [-0.05, 0) is 55.8 Å². The summed E-state index contributed by atoms with van der Waals surface area (Å²) in [7, 11) is 1.50. The highest BCUT2D eigenvalue weighted by Crippen LogP contribution is 2.28. The standard InChI is InChI=1S/C20H19N5O3/c1-13-9-14(2)24-20(23-13)25-22-11-15-6-7-17(18(10-15)27-3)28-19(26)16-5-4-8-21-12-16/h4-12H,1-3H3,(H,23,24,25). The van der Waals surface area contributed by atoms with Crippen LogP contribution in [0, 0.1) is 13.8 Å². The second-order valence-corrected chi connectivity index (χ2v) is 5.89. The average Bonchev–Trinajstić information content (AvgIpc) is 2.69. The van der Waals surface area contributed by atoms with Crippen molar-refractivity contribution < 1.29 is 14.3 Å². The molecule has 0 aliphatic heterocycles. The highest BCUT2D eigenvalue weighted by atomic mass is 16.6. The number of ether oxygens (including phenoxy) is 2. The predicted octanol–water partition coefficient (Wildman–Crippen LogP) is 3.16. The molecule has 28 heavy (non-hydrogen) atoms. The van der Waals surface area contributed by atoms with Gasteiger partial charge in [-0.3, -0.25) is 4.98 Å². The number of benzene rings is 1. The molecule has 0 aliphatic rings. The Hall–Kier alpha value is -3.81. The molecule has 0 unspecified atom stereocenters. The van der Waals surface area contributed by atoms with Crippen LogP contribution in [0.15, 0.2) is 53.9 Å². The molecule has 0 spiro atoms. The molecule has 1 aromatic carbocycles. The number of hydrazone groups is 1. The molecule has 0 saturated heterocycles. The number of anilines is 1. The lowest BCUT2D eigenvalue weighted by Crippen LogP contribution is -2.09. The van der Waals surface area contributed by atoms with Crippen molar-refractivity contribution in [3.63, 3.8) is 0 Å². The maximum absolute atomic E-state index is 12.2. The van der Waals surface area contributed by atoms with Crippen LogP contribution in [0.5, 0.6) is 11.5 Å². The molecule has 8 heteroatoms. The molecule has 3 rings (SSSR count). The van der Waals surface area contributed by atoms with Crippen molar-refractivity contribution in [3.05, 3.63) is 71.3 Å². The van der Waals surface area contributed by atoms with Gasteiger partial charge in [0.1, 0.15) is 0 Å². The number of hydrogen-bond donors (Lipinski definition) is 1. The Bertz CT molecular complexity index is 986. The number of aromatic nitrogens is 3. The minimum absolute atomic E-state index is 0.305. The molecule has 0 aliphatic carbocycles. The Morgan fingerprint density at radius 2 is 1.89 bits per heavy atom. The molecular weight excluding hydrogens is 358 g/mol. The van der Waals surface area contributed by atoms with Gasteiger partial charge < -0.3 is 9.47 Å². The fourth-order valence-corrected chi connectivity index (χ4v) is 2.43. The third-order valence-corrected chi connectivity index (χ3v) is 3.65. The molecule has 8 nitrogen and oxygen atoms in total. The molecule has 0 amide bonds. The van der Waals surface area contributed by atoms with E-state index >= 15 is 0 Å². The van der Waals surface area contributed by atoms with Crippen LogP contribution >= 0.6 is 0 Å². The van der Waals surface area contributed by atoms with Gasteiger partial charge in [-0.1, -0.05) is 0 Å². The third kappa shape index (κ3) is 4.88. The normalized spacial score (nSPS) is 10.7. The third-order valence-electron chi connectivity index (χ3n) is 3.65. The number of nitrogens with zero attached hydrogens (tertiary/aromatic N) is 4. The summed E-state index contributed by atoms with van der Waals surface area (Å²) in [6, 6.07) is 10.3. The molecule has 3 aromatic rings. The van der Waals surface area contributed by atoms with Gasteiger partial charge in [0.15, 0.2) is 11.5 Å². The van der Waals surface area contributed by atoms with E-state index in [4.69, 9.17) is 9.47 Å². The zero-order chi connectivity index (χ0) is 19.9. The van der Waals surface area contributed by atoms with E-state index in [1.807, 2.05) is 19.9 Å². The minimum atomic E-state index is -0.513. The number of methoxy groups -OCH3 is 1. The van der Waals surface area contributed by atoms with E-state index in [9.17, 15) is 4.79 Å². The predicted molar refractivity (Wildman–Crippen MR) is 105 cm³/mol. The molecule has 0 atom stereocenters. The Morgan fingerprint density at radius 3 is 2.57 bits per heavy atom. The Kier molecular flexibility index (Phi) is 5.91. The van der Waals surface area contributed by atoms with Crippen molar-refractivity contribution >= 4 is 18.1 Å². The maximum atomic E-state index is 12.2. The fraction of sp³-hybridized carbons (Fsp3) is 0.150. The van der Waals surface area contributed by atoms with E-state index in [0.717, 1.165) is 17.0 Å². The minimum Gasteiger partial charge on any atom is -0.493 e. The second kappa shape index (κ2) is 8.72. The number of nitrogens with one attached hydrogen (secondary N) is 1. The molecule has 1 N–H and O–H groups in total. The number of esters is 1. The van der Waals surface area contributed by atoms with Crippen LogP contribution in [0.4, 0.5) is 5.95 Å². The first-order valence-corrected chi connectivity index (χ1v) is 8.47. The van der Waals surface area contributed by atoms with E-state index in [-0.39, 0.29) is 0 Å². The molecule has 0 radical (unpaired) electrons. The summed E-state index contributed by atoms with van der Waals surface area (Å²) >= 11 is 0. The summed E-state index contributed by atoms with van der Waals surface area (Å²) in [5.41, 5.74) is 5.60. The van der Waals surface area contributed by atoms with Crippen molar-refractivity contribution in [1.29, 1.82) is 0 Å². The molecule has 2 aromatic heterocycles. The van der Waals surface area contributed by atoms with Gasteiger partial charge in [-0.15, -0.1) is 0 Å². The second-order valence-electron chi connectivity index (χ2n) is 5.89. The number of carbonyl (C=O) groups is 1. The summed E-state index contributed by atoms with van der Waals surface area (Å²) in [5.74, 6) is 0.618. The lowest BCUT2D eigenvalue weighted by molar-refractivity contribution is 0.0729. The van der Waals surface area contributed by atoms with Crippen LogP contribution < -0.4 is 14.9 Å². The average molecular weight is 377 g/mol. The van der Waals surface area contributed by atoms with Gasteiger partial charge >= 0.3 is 5.97 Å². The summed E-state index contributed by atoms with van der Waals surface area (Å²) < 4.78 is 10.7. The maximum Gasteiger partial charge on any atom is 0.345 e. The monoisotopic (exact) mass is 377 g/mol. The Balaban J connectivity index is 1.71. The van der Waals surface area contributed by atoms with Gasteiger partial charge in [0, 0.05) is 23.8 Å². The summed E-state index contributed by atoms with van der Waals surface area (Å²) in [6.45, 7) is 3.78. The molecule has 0 fully saturated rings. The molecule has 0 saturated carbocycles. The van der Waals surface area contributed by atoms with Crippen molar-refractivity contribution in [2.24, 2.45) is 5.10 Å². The lowest BCUT2D eigenvalue weighted by Gasteiger charge is -2.09. The van der Waals surface area contributed by atoms with Crippen LogP contribution in [0.25, 0.3) is 0 Å². The van der Waals surface area contributed by atoms with Crippen molar-refractivity contribution in [1.82, 2.24) is 15.0 Å². The number of hydrogen-bond acceptors (Lipinski definition) is 8. The van der Waals surface area contributed by atoms with E-state index in [1.165, 1.54) is 13.3 Å². The van der Waals surface area contributed by atoms with Gasteiger partial charge in [0.25, 0.3) is 0 Å². The summed E-state index contributed by atoms with van der Waals surface area (Å²) in [4.78, 5) is 24.6. The van der Waals surface area contributed by atoms with Crippen LogP contribution in [0.3, 0.4) is 0 Å². The van der Waals surface area contributed by atoms with Crippen molar-refractivity contribution in [2.75, 3.05) is 12.5 Å². The Morgan fingerprint density at radius 1 is 1.11 bits per heavy atom. The van der Waals surface area contributed by atoms with E-state index in [1.54, 1.807) is 42.7 Å². The topological polar surface area (TPSA) is 98.6 Å². The van der Waals surface area contributed by atoms with Crippen LogP contribution in [-0.2, 0) is 0 Å². The van der Waals surface area contributed by atoms with E-state index < -0.39 is 5.97 Å². The summed E-state index contributed by atoms with van der Waals surface area (Å²) in [5, 5.41) is 4.14. The van der Waals surface area contributed by atoms with E-state index in [2.05, 4.69) is 25.5 Å². The van der Waals surface area contributed by atoms with E-state index in [0.29, 0.717) is 23.0 Å². The Labute approximate surface area is 162 Å². The van der Waals surface area contributed by atoms with Crippen LogP contribution in [0.1, 0.15) is 27.3 Å². The molecular formula is C20H19N5O3. The first-order valence-electron chi connectivity index (χ1n) is 8.47. The largest absolute Gasteiger partial charge is 0.493 e. The number of rotatable bonds is 6. The number of aryl methyl sites for hydroxylation is 2. The first kappa shape index (κ1) is 19.0. The SMILES string of the molecule is COc1cc(C=NNc2nc(C)cc(C)n2)ccc1OC(=O)c1cccnc1. The molecule has 2 heterocycles. The van der Waals surface area contributed by atoms with Gasteiger partial charge in [0.2, 0.25) is 5.95 Å². The van der Waals surface area contributed by atoms with Gasteiger partial charge in [-0.2, -0.15) is 5.10 Å². The fourth-order valence-electron chi connectivity index (χ4n) is 2.43. The van der Waals surface area contributed by atoms with Crippen LogP contribution in [-0.4, -0.2) is 34.2 Å². The number of pyridine rings is 1. The van der Waals surface area contributed by atoms with Crippen LogP contribution in [0.2, 0.25) is 0 Å². The highest BCUT2D eigenvalue weighted by Gasteiger charge is 2.12. The zero-order valence-corrected chi connectivity index (χ0v) is 15.7. The van der Waals surface area contributed by atoms with Crippen molar-refractivity contribution in [2.45, 2.75) is 13.8 Å². The quantitative estimate of drug-likeness (QED) is 0.305. The van der Waals surface area contributed by atoms with Gasteiger partial charge in [0.05, 0.1) is 18.9 Å².